The van der Waals surface area contributed by atoms with Crippen LogP contribution in [0.3, 0.4) is 0 Å². The number of esters is 1. The summed E-state index contributed by atoms with van der Waals surface area (Å²) in [6.07, 6.45) is 3.78. The lowest BCUT2D eigenvalue weighted by Gasteiger charge is -2.41. The van der Waals surface area contributed by atoms with Crippen molar-refractivity contribution in [2.75, 3.05) is 26.7 Å². The third kappa shape index (κ3) is 5.09. The summed E-state index contributed by atoms with van der Waals surface area (Å²) < 4.78 is 6.90. The zero-order valence-corrected chi connectivity index (χ0v) is 19.5. The summed E-state index contributed by atoms with van der Waals surface area (Å²) in [5.41, 5.74) is -0.326. The first-order chi connectivity index (χ1) is 15.0. The maximum atomic E-state index is 13.2. The largest absolute Gasteiger partial charge is 0.459 e. The second kappa shape index (κ2) is 9.65. The van der Waals surface area contributed by atoms with Gasteiger partial charge in [0.1, 0.15) is 6.10 Å². The molecule has 0 bridgehead atoms. The highest BCUT2D eigenvalue weighted by Gasteiger charge is 2.45. The Kier molecular flexibility index (Phi) is 6.92. The molecule has 1 aliphatic heterocycles. The number of rotatable bonds is 8. The van der Waals surface area contributed by atoms with Gasteiger partial charge in [0.2, 0.25) is 5.60 Å². The van der Waals surface area contributed by atoms with E-state index in [1.54, 1.807) is 12.1 Å². The first-order valence-electron chi connectivity index (χ1n) is 10.9. The van der Waals surface area contributed by atoms with Gasteiger partial charge in [0.05, 0.1) is 36.4 Å². The van der Waals surface area contributed by atoms with E-state index in [2.05, 4.69) is 37.4 Å². The molecule has 1 aromatic carbocycles. The van der Waals surface area contributed by atoms with Crippen molar-refractivity contribution in [1.29, 1.82) is 0 Å². The number of carbonyl (C=O) groups is 1. The Morgan fingerprint density at radius 2 is 1.65 bits per heavy atom. The molecular weight excluding hydrogens is 426 g/mol. The molecule has 164 valence electrons. The van der Waals surface area contributed by atoms with E-state index in [-0.39, 0.29) is 6.10 Å². The Hall–Kier alpha value is -1.99. The van der Waals surface area contributed by atoms with Crippen LogP contribution in [0, 0.1) is 0 Å². The van der Waals surface area contributed by atoms with E-state index in [0.717, 1.165) is 49.8 Å². The molecule has 2 aromatic heterocycles. The first kappa shape index (κ1) is 22.2. The number of thiophene rings is 2. The summed E-state index contributed by atoms with van der Waals surface area (Å²) in [5, 5.41) is 15.2. The van der Waals surface area contributed by atoms with Crippen LogP contribution in [0.25, 0.3) is 0 Å². The fourth-order valence-electron chi connectivity index (χ4n) is 4.35. The van der Waals surface area contributed by atoms with Crippen LogP contribution in [0.4, 0.5) is 0 Å². The molecule has 0 amide bonds. The van der Waals surface area contributed by atoms with Crippen molar-refractivity contribution in [3.63, 3.8) is 0 Å². The lowest BCUT2D eigenvalue weighted by molar-refractivity contribution is -0.915. The summed E-state index contributed by atoms with van der Waals surface area (Å²) in [6.45, 7) is 3.11. The van der Waals surface area contributed by atoms with Crippen LogP contribution >= 0.6 is 22.7 Å². The van der Waals surface area contributed by atoms with Crippen LogP contribution in [0.15, 0.2) is 65.4 Å². The van der Waals surface area contributed by atoms with Gasteiger partial charge in [-0.25, -0.2) is 4.79 Å². The van der Waals surface area contributed by atoms with Gasteiger partial charge in [-0.05, 0) is 34.9 Å². The number of aliphatic hydroxyl groups is 1. The molecule has 1 N–H and O–H groups in total. The standard InChI is InChI=1S/C25H30NO3S2/c1-26(15-5-10-20-8-3-2-4-9-20)16-13-21(14-17-26)29-24(27)25(28,22-11-6-18-30-22)23-12-7-19-31-23/h2-4,6-9,11-12,18-19,21,28H,5,10,13-17H2,1H3/q+1. The maximum Gasteiger partial charge on any atom is 0.349 e. The number of ether oxygens (including phenoxy) is 1. The van der Waals surface area contributed by atoms with Gasteiger partial charge in [0, 0.05) is 19.3 Å². The van der Waals surface area contributed by atoms with Crippen LogP contribution in [-0.4, -0.2) is 48.3 Å². The summed E-state index contributed by atoms with van der Waals surface area (Å²) in [4.78, 5) is 14.4. The normalized spacial score (nSPS) is 21.7. The molecule has 0 saturated carbocycles. The molecule has 1 aliphatic rings. The monoisotopic (exact) mass is 456 g/mol. The Balaban J connectivity index is 1.33. The third-order valence-corrected chi connectivity index (χ3v) is 8.27. The van der Waals surface area contributed by atoms with Gasteiger partial charge >= 0.3 is 5.97 Å². The minimum Gasteiger partial charge on any atom is -0.459 e. The molecule has 6 heteroatoms. The molecule has 3 aromatic rings. The van der Waals surface area contributed by atoms with Crippen molar-refractivity contribution in [2.45, 2.75) is 37.4 Å². The summed E-state index contributed by atoms with van der Waals surface area (Å²) in [7, 11) is 2.30. The van der Waals surface area contributed by atoms with Gasteiger partial charge in [-0.3, -0.25) is 0 Å². The van der Waals surface area contributed by atoms with Crippen LogP contribution in [-0.2, 0) is 21.6 Å². The Morgan fingerprint density at radius 1 is 1.03 bits per heavy atom. The predicted octanol–water partition coefficient (Wildman–Crippen LogP) is 4.83. The van der Waals surface area contributed by atoms with Crippen molar-refractivity contribution in [2.24, 2.45) is 0 Å². The summed E-state index contributed by atoms with van der Waals surface area (Å²) in [5.74, 6) is -0.553. The molecule has 1 saturated heterocycles. The lowest BCUT2D eigenvalue weighted by Crippen LogP contribution is -2.52. The number of carbonyl (C=O) groups excluding carboxylic acids is 1. The molecule has 4 nitrogen and oxygen atoms in total. The van der Waals surface area contributed by atoms with E-state index in [0.29, 0.717) is 9.75 Å². The summed E-state index contributed by atoms with van der Waals surface area (Å²) >= 11 is 2.76. The lowest BCUT2D eigenvalue weighted by atomic mass is 9.99. The third-order valence-electron chi connectivity index (χ3n) is 6.31. The SMILES string of the molecule is C[N+]1(CCCc2ccccc2)CCC(OC(=O)C(O)(c2cccs2)c2cccs2)CC1. The molecule has 0 atom stereocenters. The van der Waals surface area contributed by atoms with E-state index in [1.165, 1.54) is 28.2 Å². The predicted molar refractivity (Wildman–Crippen MR) is 126 cm³/mol. The molecule has 4 rings (SSSR count). The highest BCUT2D eigenvalue weighted by Crippen LogP contribution is 2.37. The van der Waals surface area contributed by atoms with Gasteiger partial charge in [-0.15, -0.1) is 22.7 Å². The van der Waals surface area contributed by atoms with Crippen molar-refractivity contribution in [3.8, 4) is 0 Å². The quantitative estimate of drug-likeness (QED) is 0.390. The zero-order valence-electron chi connectivity index (χ0n) is 17.9. The number of piperidine rings is 1. The maximum absolute atomic E-state index is 13.2. The van der Waals surface area contributed by atoms with E-state index in [9.17, 15) is 9.90 Å². The molecular formula is C25H30NO3S2+. The number of aryl methyl sites for hydroxylation is 1. The molecule has 0 radical (unpaired) electrons. The average molecular weight is 457 g/mol. The van der Waals surface area contributed by atoms with Crippen molar-refractivity contribution < 1.29 is 19.1 Å². The van der Waals surface area contributed by atoms with Crippen molar-refractivity contribution in [1.82, 2.24) is 0 Å². The number of hydrogen-bond acceptors (Lipinski definition) is 5. The first-order valence-corrected chi connectivity index (χ1v) is 12.6. The second-order valence-electron chi connectivity index (χ2n) is 8.65. The van der Waals surface area contributed by atoms with E-state index < -0.39 is 11.6 Å². The van der Waals surface area contributed by atoms with Crippen LogP contribution in [0.2, 0.25) is 0 Å². The van der Waals surface area contributed by atoms with Crippen molar-refractivity contribution >= 4 is 28.6 Å². The van der Waals surface area contributed by atoms with Crippen molar-refractivity contribution in [3.05, 3.63) is 80.7 Å². The molecule has 31 heavy (non-hydrogen) atoms. The fourth-order valence-corrected chi connectivity index (χ4v) is 6.06. The number of benzene rings is 1. The molecule has 0 spiro atoms. The second-order valence-corrected chi connectivity index (χ2v) is 10.5. The van der Waals surface area contributed by atoms with Crippen LogP contribution in [0.1, 0.15) is 34.6 Å². The average Bonchev–Trinajstić information content (AvgIpc) is 3.51. The molecule has 0 unspecified atom stereocenters. The number of nitrogens with zero attached hydrogens (tertiary/aromatic N) is 1. The highest BCUT2D eigenvalue weighted by atomic mass is 32.1. The Morgan fingerprint density at radius 3 is 2.19 bits per heavy atom. The number of hydrogen-bond donors (Lipinski definition) is 1. The van der Waals surface area contributed by atoms with Gasteiger partial charge in [-0.1, -0.05) is 42.5 Å². The van der Waals surface area contributed by atoms with Gasteiger partial charge in [0.15, 0.2) is 0 Å². The van der Waals surface area contributed by atoms with Crippen LogP contribution in [0.5, 0.6) is 0 Å². The smallest absolute Gasteiger partial charge is 0.349 e. The highest BCUT2D eigenvalue weighted by molar-refractivity contribution is 7.12. The molecule has 3 heterocycles. The Labute approximate surface area is 192 Å². The topological polar surface area (TPSA) is 46.5 Å². The van der Waals surface area contributed by atoms with Gasteiger partial charge in [0.25, 0.3) is 0 Å². The number of likely N-dealkylation sites (tertiary alicyclic amines) is 1. The van der Waals surface area contributed by atoms with E-state index in [1.807, 2.05) is 22.9 Å². The van der Waals surface area contributed by atoms with E-state index >= 15 is 0 Å². The van der Waals surface area contributed by atoms with Crippen LogP contribution < -0.4 is 0 Å². The minimum absolute atomic E-state index is 0.140. The fraction of sp³-hybridized carbons (Fsp3) is 0.400. The zero-order chi connectivity index (χ0) is 21.7. The molecule has 1 fully saturated rings. The van der Waals surface area contributed by atoms with Gasteiger partial charge in [-0.2, -0.15) is 0 Å². The van der Waals surface area contributed by atoms with E-state index in [4.69, 9.17) is 4.74 Å². The minimum atomic E-state index is -1.71. The molecule has 0 aliphatic carbocycles. The summed E-state index contributed by atoms with van der Waals surface area (Å²) in [6, 6.07) is 17.9. The Bertz CT molecular complexity index is 912. The number of quaternary nitrogens is 1. The van der Waals surface area contributed by atoms with Gasteiger partial charge < -0.3 is 14.3 Å².